The highest BCUT2D eigenvalue weighted by atomic mass is 32.1. The van der Waals surface area contributed by atoms with E-state index in [2.05, 4.69) is 36.7 Å². The fourth-order valence-electron chi connectivity index (χ4n) is 2.09. The van der Waals surface area contributed by atoms with Crippen molar-refractivity contribution in [1.29, 1.82) is 0 Å². The van der Waals surface area contributed by atoms with Crippen LogP contribution < -0.4 is 5.32 Å². The second kappa shape index (κ2) is 6.50. The van der Waals surface area contributed by atoms with Crippen LogP contribution in [0.5, 0.6) is 0 Å². The van der Waals surface area contributed by atoms with Gasteiger partial charge in [-0.2, -0.15) is 0 Å². The number of nitrogens with one attached hydrogen (secondary N) is 1. The molecule has 0 unspecified atom stereocenters. The molecule has 1 N–H and O–H groups in total. The van der Waals surface area contributed by atoms with Gasteiger partial charge >= 0.3 is 0 Å². The van der Waals surface area contributed by atoms with E-state index in [9.17, 15) is 0 Å². The molecular weight excluding hydrogens is 240 g/mol. The molecule has 1 fully saturated rings. The minimum atomic E-state index is 0.795. The molecule has 1 aliphatic rings. The van der Waals surface area contributed by atoms with Crippen LogP contribution in [0.3, 0.4) is 0 Å². The Labute approximate surface area is 115 Å². The van der Waals surface area contributed by atoms with E-state index in [1.165, 1.54) is 28.2 Å². The molecule has 3 heteroatoms. The molecule has 1 aromatic rings. The van der Waals surface area contributed by atoms with E-state index in [4.69, 9.17) is 0 Å². The molecule has 0 spiro atoms. The van der Waals surface area contributed by atoms with Gasteiger partial charge in [-0.15, -0.1) is 17.9 Å². The maximum absolute atomic E-state index is 3.82. The van der Waals surface area contributed by atoms with Crippen molar-refractivity contribution in [3.8, 4) is 0 Å². The van der Waals surface area contributed by atoms with E-state index in [1.807, 2.05) is 17.4 Å². The van der Waals surface area contributed by atoms with Gasteiger partial charge in [0.2, 0.25) is 0 Å². The second-order valence-corrected chi connectivity index (χ2v) is 6.41. The molecule has 0 aliphatic heterocycles. The SMILES string of the molecule is C=CCN(CC)Cc1cc(CNC2CC2)sc1C. The van der Waals surface area contributed by atoms with Crippen LogP contribution in [-0.4, -0.2) is 24.0 Å². The monoisotopic (exact) mass is 264 g/mol. The maximum Gasteiger partial charge on any atom is 0.0302 e. The molecule has 1 saturated carbocycles. The molecule has 0 radical (unpaired) electrons. The largest absolute Gasteiger partial charge is 0.309 e. The summed E-state index contributed by atoms with van der Waals surface area (Å²) in [4.78, 5) is 5.36. The van der Waals surface area contributed by atoms with E-state index in [0.717, 1.165) is 32.2 Å². The fraction of sp³-hybridized carbons (Fsp3) is 0.600. The number of hydrogen-bond acceptors (Lipinski definition) is 3. The first kappa shape index (κ1) is 13.8. The summed E-state index contributed by atoms with van der Waals surface area (Å²) >= 11 is 1.94. The number of hydrogen-bond donors (Lipinski definition) is 1. The zero-order valence-electron chi connectivity index (χ0n) is 11.5. The first-order valence-electron chi connectivity index (χ1n) is 6.87. The molecule has 2 rings (SSSR count). The summed E-state index contributed by atoms with van der Waals surface area (Å²) in [7, 11) is 0. The Bertz CT molecular complexity index is 393. The van der Waals surface area contributed by atoms with Crippen LogP contribution in [0.15, 0.2) is 18.7 Å². The Kier molecular flexibility index (Phi) is 4.98. The third-order valence-corrected chi connectivity index (χ3v) is 4.54. The van der Waals surface area contributed by atoms with Crippen molar-refractivity contribution in [3.63, 3.8) is 0 Å². The van der Waals surface area contributed by atoms with Gasteiger partial charge in [0.15, 0.2) is 0 Å². The van der Waals surface area contributed by atoms with Gasteiger partial charge in [-0.1, -0.05) is 13.0 Å². The average Bonchev–Trinajstić information content (AvgIpc) is 3.12. The number of aryl methyl sites for hydroxylation is 1. The molecule has 0 amide bonds. The predicted octanol–water partition coefficient (Wildman–Crippen LogP) is 3.32. The molecule has 1 aromatic heterocycles. The summed E-state index contributed by atoms with van der Waals surface area (Å²) in [5.74, 6) is 0. The lowest BCUT2D eigenvalue weighted by molar-refractivity contribution is 0.311. The van der Waals surface area contributed by atoms with Gasteiger partial charge in [0, 0.05) is 35.4 Å². The molecule has 0 saturated heterocycles. The highest BCUT2D eigenvalue weighted by Crippen LogP contribution is 2.25. The minimum Gasteiger partial charge on any atom is -0.309 e. The topological polar surface area (TPSA) is 15.3 Å². The molecule has 0 aromatic carbocycles. The average molecular weight is 264 g/mol. The van der Waals surface area contributed by atoms with Crippen molar-refractivity contribution in [3.05, 3.63) is 34.0 Å². The molecule has 1 aliphatic carbocycles. The highest BCUT2D eigenvalue weighted by molar-refractivity contribution is 7.12. The summed E-state index contributed by atoms with van der Waals surface area (Å²) in [6.07, 6.45) is 4.71. The van der Waals surface area contributed by atoms with E-state index in [-0.39, 0.29) is 0 Å². The Hall–Kier alpha value is -0.640. The van der Waals surface area contributed by atoms with E-state index in [0.29, 0.717) is 0 Å². The van der Waals surface area contributed by atoms with Crippen molar-refractivity contribution in [2.45, 2.75) is 45.8 Å². The van der Waals surface area contributed by atoms with Crippen LogP contribution >= 0.6 is 11.3 Å². The van der Waals surface area contributed by atoms with Gasteiger partial charge in [0.25, 0.3) is 0 Å². The molecule has 0 bridgehead atoms. The van der Waals surface area contributed by atoms with E-state index < -0.39 is 0 Å². The fourth-order valence-corrected chi connectivity index (χ4v) is 3.10. The van der Waals surface area contributed by atoms with Crippen molar-refractivity contribution >= 4 is 11.3 Å². The lowest BCUT2D eigenvalue weighted by Crippen LogP contribution is -2.22. The number of thiophene rings is 1. The number of rotatable bonds is 8. The normalized spacial score (nSPS) is 15.3. The lowest BCUT2D eigenvalue weighted by Gasteiger charge is -2.17. The third kappa shape index (κ3) is 3.94. The zero-order chi connectivity index (χ0) is 13.0. The lowest BCUT2D eigenvalue weighted by atomic mass is 10.2. The quantitative estimate of drug-likeness (QED) is 0.725. The first-order valence-corrected chi connectivity index (χ1v) is 7.69. The summed E-state index contributed by atoms with van der Waals surface area (Å²) in [6.45, 7) is 12.4. The molecule has 100 valence electrons. The minimum absolute atomic E-state index is 0.795. The van der Waals surface area contributed by atoms with Crippen molar-refractivity contribution in [2.75, 3.05) is 13.1 Å². The van der Waals surface area contributed by atoms with Crippen LogP contribution in [0, 0.1) is 6.92 Å². The van der Waals surface area contributed by atoms with Gasteiger partial charge in [-0.25, -0.2) is 0 Å². The van der Waals surface area contributed by atoms with Crippen LogP contribution in [-0.2, 0) is 13.1 Å². The van der Waals surface area contributed by atoms with Crippen LogP contribution in [0.25, 0.3) is 0 Å². The van der Waals surface area contributed by atoms with E-state index >= 15 is 0 Å². The van der Waals surface area contributed by atoms with Crippen LogP contribution in [0.4, 0.5) is 0 Å². The predicted molar refractivity (Wildman–Crippen MR) is 80.1 cm³/mol. The standard InChI is InChI=1S/C15H24N2S/c1-4-8-17(5-2)11-13-9-15(18-12(13)3)10-16-14-6-7-14/h4,9,14,16H,1,5-8,10-11H2,2-3H3. The van der Waals surface area contributed by atoms with Gasteiger partial charge < -0.3 is 5.32 Å². The Balaban J connectivity index is 1.91. The molecule has 1 heterocycles. The maximum atomic E-state index is 3.82. The Morgan fingerprint density at radius 1 is 1.56 bits per heavy atom. The van der Waals surface area contributed by atoms with Crippen molar-refractivity contribution < 1.29 is 0 Å². The summed E-state index contributed by atoms with van der Waals surface area (Å²) in [6, 6.07) is 3.17. The molecule has 18 heavy (non-hydrogen) atoms. The molecule has 2 nitrogen and oxygen atoms in total. The summed E-state index contributed by atoms with van der Waals surface area (Å²) < 4.78 is 0. The third-order valence-electron chi connectivity index (χ3n) is 3.44. The van der Waals surface area contributed by atoms with Crippen molar-refractivity contribution in [2.24, 2.45) is 0 Å². The number of nitrogens with zero attached hydrogens (tertiary/aromatic N) is 1. The number of likely N-dealkylation sites (N-methyl/N-ethyl adjacent to an activating group) is 1. The van der Waals surface area contributed by atoms with Gasteiger partial charge in [-0.3, -0.25) is 4.90 Å². The van der Waals surface area contributed by atoms with Crippen molar-refractivity contribution in [1.82, 2.24) is 10.2 Å². The Morgan fingerprint density at radius 3 is 2.94 bits per heavy atom. The van der Waals surface area contributed by atoms with E-state index in [1.54, 1.807) is 0 Å². The highest BCUT2D eigenvalue weighted by Gasteiger charge is 2.20. The van der Waals surface area contributed by atoms with Crippen LogP contribution in [0.2, 0.25) is 0 Å². The first-order chi connectivity index (χ1) is 8.72. The molecular formula is C15H24N2S. The summed E-state index contributed by atoms with van der Waals surface area (Å²) in [5.41, 5.74) is 1.48. The Morgan fingerprint density at radius 2 is 2.33 bits per heavy atom. The van der Waals surface area contributed by atoms with Gasteiger partial charge in [0.1, 0.15) is 0 Å². The van der Waals surface area contributed by atoms with Gasteiger partial charge in [-0.05, 0) is 37.9 Å². The van der Waals surface area contributed by atoms with Crippen LogP contribution in [0.1, 0.15) is 35.1 Å². The second-order valence-electron chi connectivity index (χ2n) is 5.07. The van der Waals surface area contributed by atoms with Gasteiger partial charge in [0.05, 0.1) is 0 Å². The smallest absolute Gasteiger partial charge is 0.0302 e. The summed E-state index contributed by atoms with van der Waals surface area (Å²) in [5, 5.41) is 3.59. The molecule has 0 atom stereocenters. The zero-order valence-corrected chi connectivity index (χ0v) is 12.4.